The molecule has 0 radical (unpaired) electrons. The van der Waals surface area contributed by atoms with Crippen LogP contribution in [-0.4, -0.2) is 17.3 Å². The van der Waals surface area contributed by atoms with E-state index in [1.807, 2.05) is 0 Å². The average Bonchev–Trinajstić information content (AvgIpc) is 3.05. The number of amides is 1. The van der Waals surface area contributed by atoms with Crippen LogP contribution in [0.2, 0.25) is 5.02 Å². The third-order valence-electron chi connectivity index (χ3n) is 3.44. The number of hydrogen-bond donors (Lipinski definition) is 2. The summed E-state index contributed by atoms with van der Waals surface area (Å²) in [6.07, 6.45) is -4.77. The van der Waals surface area contributed by atoms with Gasteiger partial charge in [-0.25, -0.2) is 9.37 Å². The Morgan fingerprint density at radius 3 is 2.48 bits per heavy atom. The number of carbonyl (C=O) groups excluding carboxylic acids is 1. The molecule has 5 nitrogen and oxygen atoms in total. The van der Waals surface area contributed by atoms with Crippen molar-refractivity contribution >= 4 is 45.4 Å². The number of aromatic nitrogens is 1. The number of hydrogen-bond acceptors (Lipinski definition) is 5. The molecular formula is C18H12ClF4N3O2S. The molecule has 3 aromatic rings. The summed E-state index contributed by atoms with van der Waals surface area (Å²) >= 11 is 6.90. The Hall–Kier alpha value is -2.85. The average molecular weight is 446 g/mol. The fraction of sp³-hybridized carbons (Fsp3) is 0.111. The number of nitrogens with zero attached hydrogens (tertiary/aromatic N) is 1. The van der Waals surface area contributed by atoms with E-state index in [9.17, 15) is 22.4 Å². The van der Waals surface area contributed by atoms with Crippen molar-refractivity contribution < 1.29 is 27.1 Å². The monoisotopic (exact) mass is 445 g/mol. The van der Waals surface area contributed by atoms with Crippen LogP contribution in [0, 0.1) is 5.82 Å². The maximum Gasteiger partial charge on any atom is 0.573 e. The van der Waals surface area contributed by atoms with E-state index in [0.29, 0.717) is 22.2 Å². The smallest absolute Gasteiger partial charge is 0.406 e. The fourth-order valence-electron chi connectivity index (χ4n) is 2.25. The summed E-state index contributed by atoms with van der Waals surface area (Å²) in [6, 6.07) is 9.00. The summed E-state index contributed by atoms with van der Waals surface area (Å²) in [4.78, 5) is 16.3. The maximum atomic E-state index is 13.1. The predicted octanol–water partition coefficient (Wildman–Crippen LogP) is 5.76. The number of nitrogens with one attached hydrogen (secondary N) is 2. The van der Waals surface area contributed by atoms with E-state index in [-0.39, 0.29) is 23.1 Å². The molecule has 2 aromatic carbocycles. The summed E-state index contributed by atoms with van der Waals surface area (Å²) < 4.78 is 53.5. The van der Waals surface area contributed by atoms with Crippen LogP contribution in [0.5, 0.6) is 5.75 Å². The molecule has 1 heterocycles. The molecule has 0 aliphatic heterocycles. The zero-order valence-electron chi connectivity index (χ0n) is 14.4. The van der Waals surface area contributed by atoms with Crippen molar-refractivity contribution in [2.45, 2.75) is 12.8 Å². The van der Waals surface area contributed by atoms with Crippen LogP contribution in [0.4, 0.5) is 34.1 Å². The van der Waals surface area contributed by atoms with Gasteiger partial charge in [-0.2, -0.15) is 0 Å². The molecule has 1 amide bonds. The van der Waals surface area contributed by atoms with E-state index in [1.54, 1.807) is 5.38 Å². The molecule has 2 N–H and O–H groups in total. The highest BCUT2D eigenvalue weighted by molar-refractivity contribution is 7.13. The first kappa shape index (κ1) is 20.9. The topological polar surface area (TPSA) is 63.2 Å². The van der Waals surface area contributed by atoms with Crippen molar-refractivity contribution in [3.63, 3.8) is 0 Å². The molecule has 0 bridgehead atoms. The zero-order chi connectivity index (χ0) is 21.0. The van der Waals surface area contributed by atoms with E-state index in [4.69, 9.17) is 11.6 Å². The highest BCUT2D eigenvalue weighted by atomic mass is 35.5. The molecule has 1 aromatic heterocycles. The molecule has 0 fully saturated rings. The SMILES string of the molecule is O=C(Cc1csc(Nc2ccc(OC(F)(F)F)cc2)n1)Nc1ccc(F)c(Cl)c1. The molecule has 0 unspecified atom stereocenters. The number of halogens is 5. The fourth-order valence-corrected chi connectivity index (χ4v) is 3.16. The van der Waals surface area contributed by atoms with Gasteiger partial charge in [0.2, 0.25) is 5.91 Å². The van der Waals surface area contributed by atoms with Gasteiger partial charge in [-0.15, -0.1) is 24.5 Å². The Labute approximate surface area is 171 Å². The van der Waals surface area contributed by atoms with Crippen LogP contribution < -0.4 is 15.4 Å². The first-order valence-electron chi connectivity index (χ1n) is 8.00. The van der Waals surface area contributed by atoms with Gasteiger partial charge in [0.15, 0.2) is 5.13 Å². The highest BCUT2D eigenvalue weighted by Gasteiger charge is 2.30. The molecule has 3 rings (SSSR count). The lowest BCUT2D eigenvalue weighted by molar-refractivity contribution is -0.274. The molecule has 11 heteroatoms. The van der Waals surface area contributed by atoms with Crippen molar-refractivity contribution in [2.24, 2.45) is 0 Å². The molecule has 29 heavy (non-hydrogen) atoms. The van der Waals surface area contributed by atoms with Gasteiger partial charge < -0.3 is 15.4 Å². The maximum absolute atomic E-state index is 13.1. The van der Waals surface area contributed by atoms with Gasteiger partial charge in [-0.05, 0) is 42.5 Å². The van der Waals surface area contributed by atoms with Crippen molar-refractivity contribution in [2.75, 3.05) is 10.6 Å². The molecule has 0 saturated heterocycles. The second-order valence-electron chi connectivity index (χ2n) is 5.70. The third-order valence-corrected chi connectivity index (χ3v) is 4.53. The second-order valence-corrected chi connectivity index (χ2v) is 6.96. The van der Waals surface area contributed by atoms with Crippen molar-refractivity contribution in [1.82, 2.24) is 4.98 Å². The standard InChI is InChI=1S/C18H12ClF4N3O2S/c19-14-7-11(3-6-15(14)20)24-16(27)8-12-9-29-17(26-12)25-10-1-4-13(5-2-10)28-18(21,22)23/h1-7,9H,8H2,(H,24,27)(H,25,26). The minimum atomic E-state index is -4.75. The molecule has 152 valence electrons. The molecule has 0 aliphatic rings. The van der Waals surface area contributed by atoms with Gasteiger partial charge in [0, 0.05) is 16.8 Å². The number of thiazole rings is 1. The lowest BCUT2D eigenvalue weighted by Crippen LogP contribution is -2.16. The van der Waals surface area contributed by atoms with Crippen LogP contribution in [0.3, 0.4) is 0 Å². The number of alkyl halides is 3. The van der Waals surface area contributed by atoms with Gasteiger partial charge in [-0.1, -0.05) is 11.6 Å². The number of ether oxygens (including phenoxy) is 1. The first-order valence-corrected chi connectivity index (χ1v) is 9.26. The van der Waals surface area contributed by atoms with Crippen molar-refractivity contribution in [3.8, 4) is 5.75 Å². The van der Waals surface area contributed by atoms with Gasteiger partial charge >= 0.3 is 6.36 Å². The molecule has 0 atom stereocenters. The number of carbonyl (C=O) groups is 1. The van der Waals surface area contributed by atoms with Crippen LogP contribution in [0.25, 0.3) is 0 Å². The van der Waals surface area contributed by atoms with Gasteiger partial charge in [0.25, 0.3) is 0 Å². The summed E-state index contributed by atoms with van der Waals surface area (Å²) in [5.41, 5.74) is 1.35. The Bertz CT molecular complexity index is 1010. The lowest BCUT2D eigenvalue weighted by atomic mass is 10.2. The highest BCUT2D eigenvalue weighted by Crippen LogP contribution is 2.26. The minimum Gasteiger partial charge on any atom is -0.406 e. The zero-order valence-corrected chi connectivity index (χ0v) is 16.0. The minimum absolute atomic E-state index is 0.0223. The van der Waals surface area contributed by atoms with Gasteiger partial charge in [0.05, 0.1) is 17.1 Å². The van der Waals surface area contributed by atoms with Gasteiger partial charge in [0.1, 0.15) is 11.6 Å². The van der Waals surface area contributed by atoms with E-state index < -0.39 is 12.2 Å². The Morgan fingerprint density at radius 1 is 1.14 bits per heavy atom. The van der Waals surface area contributed by atoms with Crippen LogP contribution >= 0.6 is 22.9 Å². The molecule has 0 aliphatic carbocycles. The Balaban J connectivity index is 1.56. The number of benzene rings is 2. The second kappa shape index (κ2) is 8.66. The van der Waals surface area contributed by atoms with Crippen LogP contribution in [-0.2, 0) is 11.2 Å². The van der Waals surface area contributed by atoms with E-state index in [1.165, 1.54) is 47.7 Å². The number of rotatable bonds is 6. The van der Waals surface area contributed by atoms with E-state index in [0.717, 1.165) is 6.07 Å². The molecule has 0 saturated carbocycles. The first-order chi connectivity index (χ1) is 13.7. The van der Waals surface area contributed by atoms with Gasteiger partial charge in [-0.3, -0.25) is 4.79 Å². The van der Waals surface area contributed by atoms with E-state index >= 15 is 0 Å². The van der Waals surface area contributed by atoms with E-state index in [2.05, 4.69) is 20.4 Å². The number of anilines is 3. The van der Waals surface area contributed by atoms with Crippen LogP contribution in [0.1, 0.15) is 5.69 Å². The quantitative estimate of drug-likeness (QED) is 0.473. The van der Waals surface area contributed by atoms with Crippen molar-refractivity contribution in [3.05, 3.63) is 64.4 Å². The van der Waals surface area contributed by atoms with Crippen molar-refractivity contribution in [1.29, 1.82) is 0 Å². The normalized spacial score (nSPS) is 11.2. The molecule has 0 spiro atoms. The largest absolute Gasteiger partial charge is 0.573 e. The summed E-state index contributed by atoms with van der Waals surface area (Å²) in [6.45, 7) is 0. The van der Waals surface area contributed by atoms with Crippen LogP contribution in [0.15, 0.2) is 47.8 Å². The predicted molar refractivity (Wildman–Crippen MR) is 102 cm³/mol. The summed E-state index contributed by atoms with van der Waals surface area (Å²) in [5, 5.41) is 7.55. The third kappa shape index (κ3) is 6.33. The Kier molecular flexibility index (Phi) is 6.23. The summed E-state index contributed by atoms with van der Waals surface area (Å²) in [7, 11) is 0. The molecular weight excluding hydrogens is 434 g/mol. The Morgan fingerprint density at radius 2 is 1.83 bits per heavy atom. The lowest BCUT2D eigenvalue weighted by Gasteiger charge is -2.09. The summed E-state index contributed by atoms with van der Waals surface area (Å²) in [5.74, 6) is -1.28.